The first kappa shape index (κ1) is 19.1. The monoisotopic (exact) mass is 413 g/mol. The van der Waals surface area contributed by atoms with Crippen molar-refractivity contribution in [3.63, 3.8) is 0 Å². The maximum absolute atomic E-state index is 12.2. The minimum atomic E-state index is -0.0940. The quantitative estimate of drug-likeness (QED) is 0.559. The van der Waals surface area contributed by atoms with E-state index in [-0.39, 0.29) is 18.5 Å². The van der Waals surface area contributed by atoms with Gasteiger partial charge in [-0.3, -0.25) is 4.79 Å². The van der Waals surface area contributed by atoms with Crippen LogP contribution in [0.25, 0.3) is 0 Å². The third-order valence-corrected chi connectivity index (χ3v) is 5.21. The van der Waals surface area contributed by atoms with Crippen molar-refractivity contribution in [1.29, 1.82) is 0 Å². The van der Waals surface area contributed by atoms with Crippen LogP contribution >= 0.6 is 11.8 Å². The zero-order valence-electron chi connectivity index (χ0n) is 15.7. The molecule has 0 unspecified atom stereocenters. The lowest BCUT2D eigenvalue weighted by Crippen LogP contribution is -2.24. The number of rotatable bonds is 8. The van der Waals surface area contributed by atoms with Crippen LogP contribution in [0.15, 0.2) is 47.6 Å². The number of fused-ring (bicyclic) bond motifs is 1. The lowest BCUT2D eigenvalue weighted by Gasteiger charge is -2.07. The smallest absolute Gasteiger partial charge is 0.231 e. The second kappa shape index (κ2) is 8.82. The van der Waals surface area contributed by atoms with Crippen molar-refractivity contribution < 1.29 is 19.0 Å². The molecular formula is C19H19N5O4S. The molecule has 4 rings (SSSR count). The van der Waals surface area contributed by atoms with Crippen LogP contribution in [0, 0.1) is 0 Å². The Hall–Kier alpha value is -3.27. The van der Waals surface area contributed by atoms with Crippen LogP contribution < -0.4 is 19.5 Å². The van der Waals surface area contributed by atoms with Crippen LogP contribution in [0.1, 0.15) is 11.1 Å². The molecule has 0 aliphatic carbocycles. The second-order valence-corrected chi connectivity index (χ2v) is 7.16. The molecule has 1 aliphatic heterocycles. The van der Waals surface area contributed by atoms with Crippen LogP contribution in [0.4, 0.5) is 0 Å². The maximum atomic E-state index is 12.2. The molecule has 0 atom stereocenters. The van der Waals surface area contributed by atoms with Gasteiger partial charge in [0.2, 0.25) is 17.9 Å². The molecule has 1 N–H and O–H groups in total. The van der Waals surface area contributed by atoms with E-state index >= 15 is 0 Å². The minimum absolute atomic E-state index is 0.0940. The fourth-order valence-corrected chi connectivity index (χ4v) is 3.44. The first-order chi connectivity index (χ1) is 14.2. The van der Waals surface area contributed by atoms with Crippen molar-refractivity contribution >= 4 is 17.7 Å². The van der Waals surface area contributed by atoms with Crippen molar-refractivity contribution in [2.24, 2.45) is 0 Å². The summed E-state index contributed by atoms with van der Waals surface area (Å²) in [6.07, 6.45) is 0. The van der Waals surface area contributed by atoms with Crippen molar-refractivity contribution in [3.05, 3.63) is 53.6 Å². The summed E-state index contributed by atoms with van der Waals surface area (Å²) in [6, 6.07) is 13.3. The lowest BCUT2D eigenvalue weighted by atomic mass is 10.2. The highest BCUT2D eigenvalue weighted by Crippen LogP contribution is 2.32. The summed E-state index contributed by atoms with van der Waals surface area (Å²) in [4.78, 5) is 12.2. The number of nitrogens with one attached hydrogen (secondary N) is 1. The van der Waals surface area contributed by atoms with Crippen molar-refractivity contribution in [3.8, 4) is 17.2 Å². The molecule has 0 radical (unpaired) electrons. The van der Waals surface area contributed by atoms with Gasteiger partial charge in [-0.25, -0.2) is 4.68 Å². The number of ether oxygens (including phenoxy) is 3. The third kappa shape index (κ3) is 4.77. The second-order valence-electron chi connectivity index (χ2n) is 6.22. The fourth-order valence-electron chi connectivity index (χ4n) is 2.74. The van der Waals surface area contributed by atoms with E-state index in [0.717, 1.165) is 22.6 Å². The maximum Gasteiger partial charge on any atom is 0.231 e. The van der Waals surface area contributed by atoms with Gasteiger partial charge in [0.05, 0.1) is 19.4 Å². The summed E-state index contributed by atoms with van der Waals surface area (Å²) in [5, 5.41) is 15.2. The van der Waals surface area contributed by atoms with Gasteiger partial charge >= 0.3 is 0 Å². The van der Waals surface area contributed by atoms with Gasteiger partial charge < -0.3 is 19.5 Å². The number of aromatic nitrogens is 4. The summed E-state index contributed by atoms with van der Waals surface area (Å²) in [7, 11) is 1.62. The van der Waals surface area contributed by atoms with Gasteiger partial charge in [0.25, 0.3) is 0 Å². The molecular weight excluding hydrogens is 394 g/mol. The number of nitrogens with zero attached hydrogens (tertiary/aromatic N) is 4. The van der Waals surface area contributed by atoms with Crippen molar-refractivity contribution in [1.82, 2.24) is 25.5 Å². The van der Waals surface area contributed by atoms with E-state index in [9.17, 15) is 4.79 Å². The predicted octanol–water partition coefficient (Wildman–Crippen LogP) is 1.87. The molecule has 1 amide bonds. The Morgan fingerprint density at radius 1 is 1.17 bits per heavy atom. The Kier molecular flexibility index (Phi) is 5.80. The van der Waals surface area contributed by atoms with Crippen LogP contribution in [-0.2, 0) is 17.9 Å². The zero-order valence-corrected chi connectivity index (χ0v) is 16.5. The molecule has 150 valence electrons. The van der Waals surface area contributed by atoms with E-state index in [1.54, 1.807) is 11.8 Å². The zero-order chi connectivity index (χ0) is 20.1. The Morgan fingerprint density at radius 2 is 1.97 bits per heavy atom. The number of amides is 1. The highest BCUT2D eigenvalue weighted by Gasteiger charge is 2.15. The van der Waals surface area contributed by atoms with E-state index in [1.807, 2.05) is 42.5 Å². The summed E-state index contributed by atoms with van der Waals surface area (Å²) in [5.74, 6) is 2.35. The van der Waals surface area contributed by atoms with Crippen LogP contribution in [-0.4, -0.2) is 45.8 Å². The molecule has 9 nitrogen and oxygen atoms in total. The third-order valence-electron chi connectivity index (χ3n) is 4.25. The van der Waals surface area contributed by atoms with E-state index in [4.69, 9.17) is 14.2 Å². The normalized spacial score (nSPS) is 12.0. The van der Waals surface area contributed by atoms with Gasteiger partial charge in [0, 0.05) is 6.54 Å². The number of hydrogen-bond donors (Lipinski definition) is 1. The van der Waals surface area contributed by atoms with E-state index in [2.05, 4.69) is 20.8 Å². The van der Waals surface area contributed by atoms with Gasteiger partial charge in [-0.15, -0.1) is 5.10 Å². The van der Waals surface area contributed by atoms with Gasteiger partial charge in [-0.2, -0.15) is 0 Å². The standard InChI is InChI=1S/C19H19N5O4S/c1-26-15-5-2-13(3-6-15)9-20-18(25)11-29-19-21-22-23-24(19)10-14-4-7-16-17(8-14)28-12-27-16/h2-8H,9-12H2,1H3,(H,20,25). The van der Waals surface area contributed by atoms with Crippen LogP contribution in [0.3, 0.4) is 0 Å². The Balaban J connectivity index is 1.29. The van der Waals surface area contributed by atoms with E-state index in [1.165, 1.54) is 11.8 Å². The summed E-state index contributed by atoms with van der Waals surface area (Å²) < 4.78 is 17.5. The molecule has 0 bridgehead atoms. The van der Waals surface area contributed by atoms with Crippen LogP contribution in [0.2, 0.25) is 0 Å². The van der Waals surface area contributed by atoms with Crippen molar-refractivity contribution in [2.45, 2.75) is 18.2 Å². The molecule has 10 heteroatoms. The van der Waals surface area contributed by atoms with Gasteiger partial charge in [-0.1, -0.05) is 30.0 Å². The number of methoxy groups -OCH3 is 1. The predicted molar refractivity (Wildman–Crippen MR) is 105 cm³/mol. The van der Waals surface area contributed by atoms with E-state index in [0.29, 0.717) is 24.0 Å². The average Bonchev–Trinajstić information content (AvgIpc) is 3.40. The molecule has 1 aromatic heterocycles. The molecule has 3 aromatic rings. The Labute approximate surface area is 171 Å². The molecule has 0 saturated carbocycles. The molecule has 0 spiro atoms. The number of thioether (sulfide) groups is 1. The van der Waals surface area contributed by atoms with E-state index < -0.39 is 0 Å². The summed E-state index contributed by atoms with van der Waals surface area (Å²) >= 11 is 1.29. The molecule has 29 heavy (non-hydrogen) atoms. The Bertz CT molecular complexity index is 993. The topological polar surface area (TPSA) is 100 Å². The highest BCUT2D eigenvalue weighted by molar-refractivity contribution is 7.99. The first-order valence-electron chi connectivity index (χ1n) is 8.88. The summed E-state index contributed by atoms with van der Waals surface area (Å²) in [6.45, 7) is 1.15. The number of benzene rings is 2. The number of carbonyl (C=O) groups is 1. The molecule has 2 aromatic carbocycles. The highest BCUT2D eigenvalue weighted by atomic mass is 32.2. The van der Waals surface area contributed by atoms with Gasteiger partial charge in [-0.05, 0) is 45.8 Å². The molecule has 1 aliphatic rings. The van der Waals surface area contributed by atoms with Gasteiger partial charge in [0.15, 0.2) is 11.5 Å². The number of carbonyl (C=O) groups excluding carboxylic acids is 1. The summed E-state index contributed by atoms with van der Waals surface area (Å²) in [5.41, 5.74) is 1.98. The first-order valence-corrected chi connectivity index (χ1v) is 9.87. The molecule has 2 heterocycles. The average molecular weight is 413 g/mol. The van der Waals surface area contributed by atoms with Crippen LogP contribution in [0.5, 0.6) is 17.2 Å². The molecule has 0 saturated heterocycles. The minimum Gasteiger partial charge on any atom is -0.497 e. The SMILES string of the molecule is COc1ccc(CNC(=O)CSc2nnnn2Cc2ccc3c(c2)OCO3)cc1. The largest absolute Gasteiger partial charge is 0.497 e. The van der Waals surface area contributed by atoms with Gasteiger partial charge in [0.1, 0.15) is 5.75 Å². The number of tetrazole rings is 1. The number of hydrogen-bond acceptors (Lipinski definition) is 8. The lowest BCUT2D eigenvalue weighted by molar-refractivity contribution is -0.118. The Morgan fingerprint density at radius 3 is 2.79 bits per heavy atom. The molecule has 0 fully saturated rings. The fraction of sp³-hybridized carbons (Fsp3) is 0.263. The van der Waals surface area contributed by atoms with Crippen molar-refractivity contribution in [2.75, 3.05) is 19.7 Å².